The number of ether oxygens (including phenoxy) is 2. The van der Waals surface area contributed by atoms with Crippen molar-refractivity contribution in [1.82, 2.24) is 0 Å². The summed E-state index contributed by atoms with van der Waals surface area (Å²) in [4.78, 5) is 3.86. The molecule has 0 aliphatic carbocycles. The molecule has 0 saturated heterocycles. The van der Waals surface area contributed by atoms with Crippen molar-refractivity contribution < 1.29 is 9.47 Å². The van der Waals surface area contributed by atoms with Crippen LogP contribution in [-0.2, 0) is 0 Å². The first-order valence-corrected chi connectivity index (χ1v) is 4.23. The Morgan fingerprint density at radius 3 is 2.71 bits per heavy atom. The molecule has 1 aliphatic rings. The summed E-state index contributed by atoms with van der Waals surface area (Å²) in [5.74, 6) is 1.38. The molecule has 1 aromatic carbocycles. The van der Waals surface area contributed by atoms with E-state index in [1.807, 2.05) is 24.3 Å². The van der Waals surface area contributed by atoms with Gasteiger partial charge in [0.25, 0.3) is 0 Å². The van der Waals surface area contributed by atoms with Crippen molar-refractivity contribution in [3.63, 3.8) is 0 Å². The maximum Gasteiger partial charge on any atom is 0.227 e. The summed E-state index contributed by atoms with van der Waals surface area (Å²) < 4.78 is 10.9. The molecule has 1 heterocycles. The van der Waals surface area contributed by atoms with Gasteiger partial charge in [0.2, 0.25) is 6.23 Å². The molecule has 0 bridgehead atoms. The van der Waals surface area contributed by atoms with E-state index in [0.29, 0.717) is 12.4 Å². The largest absolute Gasteiger partial charge is 0.484 e. The molecular formula is C9H11N3O2. The van der Waals surface area contributed by atoms with Gasteiger partial charge in [-0.05, 0) is 12.1 Å². The number of nitrogens with two attached hydrogens (primary N) is 2. The van der Waals surface area contributed by atoms with Gasteiger partial charge in [-0.1, -0.05) is 12.1 Å². The average Bonchev–Trinajstić information content (AvgIpc) is 2.17. The Labute approximate surface area is 81.3 Å². The average molecular weight is 193 g/mol. The van der Waals surface area contributed by atoms with E-state index in [1.54, 1.807) is 0 Å². The number of nitrogens with zero attached hydrogens (tertiary/aromatic N) is 1. The van der Waals surface area contributed by atoms with Crippen LogP contribution in [0.25, 0.3) is 0 Å². The van der Waals surface area contributed by atoms with E-state index in [0.717, 1.165) is 5.75 Å². The Kier molecular flexibility index (Phi) is 2.14. The van der Waals surface area contributed by atoms with Crippen LogP contribution in [0.3, 0.4) is 0 Å². The molecule has 1 atom stereocenters. The number of rotatable bonds is 1. The molecule has 0 aromatic heterocycles. The third-order valence-corrected chi connectivity index (χ3v) is 1.79. The molecule has 1 aromatic rings. The standard InChI is InChI=1S/C9H11N3O2/c10-9(11)12-8-5-13-6-3-1-2-4-7(6)14-8/h1-4,8H,5H2,(H4,10,11,12). The summed E-state index contributed by atoms with van der Waals surface area (Å²) in [5.41, 5.74) is 10.5. The zero-order chi connectivity index (χ0) is 9.97. The predicted molar refractivity (Wildman–Crippen MR) is 52.2 cm³/mol. The summed E-state index contributed by atoms with van der Waals surface area (Å²) in [7, 11) is 0. The summed E-state index contributed by atoms with van der Waals surface area (Å²) in [6.45, 7) is 0.328. The molecule has 0 amide bonds. The van der Waals surface area contributed by atoms with Gasteiger partial charge in [-0.15, -0.1) is 0 Å². The third kappa shape index (κ3) is 1.71. The van der Waals surface area contributed by atoms with Gasteiger partial charge >= 0.3 is 0 Å². The van der Waals surface area contributed by atoms with Gasteiger partial charge in [-0.3, -0.25) is 0 Å². The van der Waals surface area contributed by atoms with E-state index in [-0.39, 0.29) is 5.96 Å². The Morgan fingerprint density at radius 1 is 1.29 bits per heavy atom. The van der Waals surface area contributed by atoms with Crippen LogP contribution in [0.15, 0.2) is 29.3 Å². The van der Waals surface area contributed by atoms with E-state index in [1.165, 1.54) is 0 Å². The zero-order valence-electron chi connectivity index (χ0n) is 7.51. The van der Waals surface area contributed by atoms with E-state index < -0.39 is 6.23 Å². The monoisotopic (exact) mass is 193 g/mol. The second-order valence-corrected chi connectivity index (χ2v) is 2.88. The van der Waals surface area contributed by atoms with Crippen LogP contribution in [0, 0.1) is 0 Å². The van der Waals surface area contributed by atoms with E-state index in [9.17, 15) is 0 Å². The van der Waals surface area contributed by atoms with Crippen molar-refractivity contribution >= 4 is 5.96 Å². The van der Waals surface area contributed by atoms with E-state index in [4.69, 9.17) is 20.9 Å². The highest BCUT2D eigenvalue weighted by molar-refractivity contribution is 5.75. The number of guanidine groups is 1. The summed E-state index contributed by atoms with van der Waals surface area (Å²) in [6, 6.07) is 7.38. The molecule has 4 N–H and O–H groups in total. The fourth-order valence-corrected chi connectivity index (χ4v) is 1.24. The Hall–Kier alpha value is -1.91. The fraction of sp³-hybridized carbons (Fsp3) is 0.222. The van der Waals surface area contributed by atoms with Crippen molar-refractivity contribution in [2.45, 2.75) is 6.23 Å². The molecule has 5 heteroatoms. The SMILES string of the molecule is NC(N)=NC1COc2ccccc2O1. The second-order valence-electron chi connectivity index (χ2n) is 2.88. The lowest BCUT2D eigenvalue weighted by molar-refractivity contribution is 0.0973. The van der Waals surface area contributed by atoms with Crippen LogP contribution < -0.4 is 20.9 Å². The minimum absolute atomic E-state index is 0.00187. The van der Waals surface area contributed by atoms with Gasteiger partial charge in [0.15, 0.2) is 17.5 Å². The number of para-hydroxylation sites is 2. The smallest absolute Gasteiger partial charge is 0.227 e. The lowest BCUT2D eigenvalue weighted by Gasteiger charge is -2.23. The summed E-state index contributed by atoms with van der Waals surface area (Å²) in [5, 5.41) is 0. The number of aliphatic imine (C=N–C) groups is 1. The molecular weight excluding hydrogens is 182 g/mol. The van der Waals surface area contributed by atoms with Gasteiger partial charge in [-0.2, -0.15) is 0 Å². The maximum absolute atomic E-state index is 5.47. The number of benzene rings is 1. The second kappa shape index (κ2) is 3.45. The molecule has 0 spiro atoms. The highest BCUT2D eigenvalue weighted by Gasteiger charge is 2.19. The summed E-state index contributed by atoms with van der Waals surface area (Å²) in [6.07, 6.45) is -0.449. The topological polar surface area (TPSA) is 82.9 Å². The molecule has 74 valence electrons. The maximum atomic E-state index is 5.47. The first-order chi connectivity index (χ1) is 6.75. The highest BCUT2D eigenvalue weighted by atomic mass is 16.6. The summed E-state index contributed by atoms with van der Waals surface area (Å²) >= 11 is 0. The number of hydrogen-bond donors (Lipinski definition) is 2. The molecule has 1 aliphatic heterocycles. The molecule has 0 radical (unpaired) electrons. The zero-order valence-corrected chi connectivity index (χ0v) is 7.51. The first kappa shape index (κ1) is 8.68. The van der Waals surface area contributed by atoms with Crippen LogP contribution in [0.5, 0.6) is 11.5 Å². The van der Waals surface area contributed by atoms with Crippen LogP contribution in [-0.4, -0.2) is 18.8 Å². The number of fused-ring (bicyclic) bond motifs is 1. The normalized spacial score (nSPS) is 18.7. The molecule has 5 nitrogen and oxygen atoms in total. The quantitative estimate of drug-likeness (QED) is 0.488. The molecule has 0 fully saturated rings. The minimum Gasteiger partial charge on any atom is -0.484 e. The Morgan fingerprint density at radius 2 is 2.00 bits per heavy atom. The van der Waals surface area contributed by atoms with E-state index in [2.05, 4.69) is 4.99 Å². The molecule has 1 unspecified atom stereocenters. The van der Waals surface area contributed by atoms with Gasteiger partial charge in [-0.25, -0.2) is 4.99 Å². The van der Waals surface area contributed by atoms with Crippen molar-refractivity contribution in [3.8, 4) is 11.5 Å². The van der Waals surface area contributed by atoms with Gasteiger partial charge in [0.1, 0.15) is 6.61 Å². The van der Waals surface area contributed by atoms with Crippen LogP contribution in [0.1, 0.15) is 0 Å². The van der Waals surface area contributed by atoms with Crippen LogP contribution >= 0.6 is 0 Å². The first-order valence-electron chi connectivity index (χ1n) is 4.23. The van der Waals surface area contributed by atoms with Gasteiger partial charge in [0, 0.05) is 0 Å². The highest BCUT2D eigenvalue weighted by Crippen LogP contribution is 2.30. The third-order valence-electron chi connectivity index (χ3n) is 1.79. The predicted octanol–water partition coefficient (Wildman–Crippen LogP) is 0.0573. The van der Waals surface area contributed by atoms with Gasteiger partial charge < -0.3 is 20.9 Å². The minimum atomic E-state index is -0.449. The van der Waals surface area contributed by atoms with Crippen molar-refractivity contribution in [2.75, 3.05) is 6.61 Å². The molecule has 2 rings (SSSR count). The van der Waals surface area contributed by atoms with Crippen molar-refractivity contribution in [3.05, 3.63) is 24.3 Å². The fourth-order valence-electron chi connectivity index (χ4n) is 1.24. The van der Waals surface area contributed by atoms with Crippen molar-refractivity contribution in [1.29, 1.82) is 0 Å². The lowest BCUT2D eigenvalue weighted by atomic mass is 10.3. The molecule has 14 heavy (non-hydrogen) atoms. The van der Waals surface area contributed by atoms with Crippen LogP contribution in [0.2, 0.25) is 0 Å². The Balaban J connectivity index is 2.17. The molecule has 0 saturated carbocycles. The van der Waals surface area contributed by atoms with Crippen molar-refractivity contribution in [2.24, 2.45) is 16.5 Å². The lowest BCUT2D eigenvalue weighted by Crippen LogP contribution is -2.33. The van der Waals surface area contributed by atoms with Gasteiger partial charge in [0.05, 0.1) is 0 Å². The Bertz CT molecular complexity index is 361. The number of hydrogen-bond acceptors (Lipinski definition) is 3. The van der Waals surface area contributed by atoms with Crippen LogP contribution in [0.4, 0.5) is 0 Å². The van der Waals surface area contributed by atoms with E-state index >= 15 is 0 Å².